The monoisotopic (exact) mass is 450 g/mol. The van der Waals surface area contributed by atoms with Crippen molar-refractivity contribution in [3.8, 4) is 5.75 Å². The molecule has 0 radical (unpaired) electrons. The zero-order valence-corrected chi connectivity index (χ0v) is 19.3. The molecule has 0 bridgehead atoms. The van der Waals surface area contributed by atoms with E-state index in [0.717, 1.165) is 23.3 Å². The van der Waals surface area contributed by atoms with Gasteiger partial charge in [0.25, 0.3) is 0 Å². The van der Waals surface area contributed by atoms with Crippen LogP contribution in [0.15, 0.2) is 59.3 Å². The molecular formula is C26H30N2O5. The standard InChI is InChI=1S/C26H30N2O5/c1-4-6-7-9-23(29)28-14-12-19-10-11-21(16-22(19)24(28)26(30)31)32-15-13-20-17-33-25(27-20)18(3)8-5-2/h4,6-11,16-17,24H,5,12-15H2,1-3H3,(H,30,31)/b6-4?,9-7?,18-8+. The van der Waals surface area contributed by atoms with Gasteiger partial charge in [-0.1, -0.05) is 37.3 Å². The summed E-state index contributed by atoms with van der Waals surface area (Å²) in [6, 6.07) is 4.40. The van der Waals surface area contributed by atoms with E-state index in [-0.39, 0.29) is 5.91 Å². The van der Waals surface area contributed by atoms with Crippen molar-refractivity contribution in [2.45, 2.75) is 46.1 Å². The third kappa shape index (κ3) is 6.00. The number of benzene rings is 1. The number of nitrogens with zero attached hydrogens (tertiary/aromatic N) is 2. The SMILES string of the molecule is CC=CC=CC(=O)N1CCc2ccc(OCCc3coc(/C(C)=C/CC)n3)cc2C1C(=O)O. The van der Waals surface area contributed by atoms with Gasteiger partial charge in [-0.05, 0) is 49.9 Å². The summed E-state index contributed by atoms with van der Waals surface area (Å²) in [5.74, 6) is -0.221. The highest BCUT2D eigenvalue weighted by molar-refractivity contribution is 5.92. The number of oxazole rings is 1. The molecule has 1 aliphatic rings. The molecule has 0 saturated heterocycles. The first-order chi connectivity index (χ1) is 15.9. The molecule has 1 aliphatic heterocycles. The summed E-state index contributed by atoms with van der Waals surface area (Å²) in [7, 11) is 0. The van der Waals surface area contributed by atoms with Crippen molar-refractivity contribution in [1.82, 2.24) is 9.88 Å². The lowest BCUT2D eigenvalue weighted by Crippen LogP contribution is -2.42. The second kappa shape index (κ2) is 11.3. The van der Waals surface area contributed by atoms with Crippen LogP contribution in [0.5, 0.6) is 5.75 Å². The Morgan fingerprint density at radius 3 is 2.88 bits per heavy atom. The minimum absolute atomic E-state index is 0.327. The van der Waals surface area contributed by atoms with E-state index in [0.29, 0.717) is 43.2 Å². The van der Waals surface area contributed by atoms with E-state index in [2.05, 4.69) is 18.0 Å². The van der Waals surface area contributed by atoms with Gasteiger partial charge < -0.3 is 19.2 Å². The molecule has 174 valence electrons. The summed E-state index contributed by atoms with van der Waals surface area (Å²) >= 11 is 0. The fraction of sp³-hybridized carbons (Fsp3) is 0.346. The molecule has 7 nitrogen and oxygen atoms in total. The Morgan fingerprint density at radius 1 is 1.33 bits per heavy atom. The lowest BCUT2D eigenvalue weighted by Gasteiger charge is -2.34. The first-order valence-corrected chi connectivity index (χ1v) is 11.1. The van der Waals surface area contributed by atoms with Gasteiger partial charge in [0.05, 0.1) is 12.3 Å². The molecule has 0 fully saturated rings. The van der Waals surface area contributed by atoms with Crippen molar-refractivity contribution in [2.75, 3.05) is 13.2 Å². The van der Waals surface area contributed by atoms with Crippen molar-refractivity contribution < 1.29 is 23.8 Å². The molecule has 1 aromatic carbocycles. The number of rotatable bonds is 9. The molecule has 0 saturated carbocycles. The Kier molecular flexibility index (Phi) is 8.24. The van der Waals surface area contributed by atoms with Gasteiger partial charge >= 0.3 is 5.97 Å². The number of ether oxygens (including phenoxy) is 1. The van der Waals surface area contributed by atoms with Crippen molar-refractivity contribution in [1.29, 1.82) is 0 Å². The molecule has 0 spiro atoms. The maximum Gasteiger partial charge on any atom is 0.331 e. The number of fused-ring (bicyclic) bond motifs is 1. The van der Waals surface area contributed by atoms with E-state index in [1.165, 1.54) is 11.0 Å². The zero-order chi connectivity index (χ0) is 23.8. The van der Waals surface area contributed by atoms with Gasteiger partial charge in [0, 0.05) is 24.6 Å². The van der Waals surface area contributed by atoms with Crippen LogP contribution in [0.4, 0.5) is 0 Å². The van der Waals surface area contributed by atoms with Crippen molar-refractivity contribution in [3.63, 3.8) is 0 Å². The molecule has 33 heavy (non-hydrogen) atoms. The molecule has 3 rings (SSSR count). The first-order valence-electron chi connectivity index (χ1n) is 11.1. The van der Waals surface area contributed by atoms with Gasteiger partial charge in [0.2, 0.25) is 11.8 Å². The normalized spacial score (nSPS) is 16.4. The summed E-state index contributed by atoms with van der Waals surface area (Å²) in [5.41, 5.74) is 3.29. The van der Waals surface area contributed by atoms with E-state index in [1.54, 1.807) is 30.6 Å². The number of aromatic nitrogens is 1. The topological polar surface area (TPSA) is 92.9 Å². The summed E-state index contributed by atoms with van der Waals surface area (Å²) in [5, 5.41) is 9.88. The minimum Gasteiger partial charge on any atom is -0.493 e. The molecule has 1 unspecified atom stereocenters. The second-order valence-electron chi connectivity index (χ2n) is 7.81. The maximum absolute atomic E-state index is 12.6. The van der Waals surface area contributed by atoms with Gasteiger partial charge in [-0.25, -0.2) is 9.78 Å². The van der Waals surface area contributed by atoms with E-state index < -0.39 is 12.0 Å². The zero-order valence-electron chi connectivity index (χ0n) is 19.3. The predicted molar refractivity (Wildman–Crippen MR) is 126 cm³/mol. The van der Waals surface area contributed by atoms with Crippen LogP contribution >= 0.6 is 0 Å². The summed E-state index contributed by atoms with van der Waals surface area (Å²) in [6.07, 6.45) is 12.3. The quantitative estimate of drug-likeness (QED) is 0.438. The third-order valence-electron chi connectivity index (χ3n) is 5.43. The van der Waals surface area contributed by atoms with Crippen LogP contribution in [0.1, 0.15) is 55.9 Å². The van der Waals surface area contributed by atoms with Crippen molar-refractivity contribution >= 4 is 17.4 Å². The summed E-state index contributed by atoms with van der Waals surface area (Å²) in [6.45, 7) is 6.59. The van der Waals surface area contributed by atoms with Gasteiger partial charge in [-0.2, -0.15) is 0 Å². The lowest BCUT2D eigenvalue weighted by molar-refractivity contribution is -0.149. The van der Waals surface area contributed by atoms with E-state index in [9.17, 15) is 14.7 Å². The number of carboxylic acids is 1. The average molecular weight is 451 g/mol. The van der Waals surface area contributed by atoms with E-state index in [1.807, 2.05) is 26.0 Å². The number of amides is 1. The van der Waals surface area contributed by atoms with Gasteiger partial charge in [0.15, 0.2) is 6.04 Å². The summed E-state index contributed by atoms with van der Waals surface area (Å²) < 4.78 is 11.4. The molecule has 1 amide bonds. The number of carboxylic acid groups (broad SMARTS) is 1. The molecule has 1 atom stereocenters. The molecule has 0 aliphatic carbocycles. The highest BCUT2D eigenvalue weighted by Gasteiger charge is 2.35. The maximum atomic E-state index is 12.6. The molecule has 7 heteroatoms. The molecule has 2 heterocycles. The van der Waals surface area contributed by atoms with E-state index in [4.69, 9.17) is 9.15 Å². The Bertz CT molecular complexity index is 1080. The van der Waals surface area contributed by atoms with Crippen LogP contribution in [0.3, 0.4) is 0 Å². The first kappa shape index (κ1) is 24.0. The number of carbonyl (C=O) groups excluding carboxylic acids is 1. The molecule has 2 aromatic rings. The van der Waals surface area contributed by atoms with Crippen LogP contribution in [0, 0.1) is 0 Å². The summed E-state index contributed by atoms with van der Waals surface area (Å²) in [4.78, 5) is 30.5. The smallest absolute Gasteiger partial charge is 0.331 e. The molecular weight excluding hydrogens is 420 g/mol. The van der Waals surface area contributed by atoms with Crippen molar-refractivity contribution in [3.05, 3.63) is 77.6 Å². The Labute approximate surface area is 194 Å². The Hall–Kier alpha value is -3.61. The lowest BCUT2D eigenvalue weighted by atomic mass is 9.92. The van der Waals surface area contributed by atoms with Crippen LogP contribution in [-0.2, 0) is 22.4 Å². The van der Waals surface area contributed by atoms with Crippen LogP contribution in [0.25, 0.3) is 5.57 Å². The number of aliphatic carboxylic acids is 1. The fourth-order valence-electron chi connectivity index (χ4n) is 3.80. The number of hydrogen-bond acceptors (Lipinski definition) is 5. The van der Waals surface area contributed by atoms with E-state index >= 15 is 0 Å². The van der Waals surface area contributed by atoms with Gasteiger partial charge in [0.1, 0.15) is 12.0 Å². The van der Waals surface area contributed by atoms with Gasteiger partial charge in [-0.3, -0.25) is 4.79 Å². The number of carbonyl (C=O) groups is 2. The highest BCUT2D eigenvalue weighted by Crippen LogP contribution is 2.33. The predicted octanol–water partition coefficient (Wildman–Crippen LogP) is 4.75. The average Bonchev–Trinajstić information content (AvgIpc) is 3.27. The number of allylic oxidation sites excluding steroid dienone is 5. The third-order valence-corrected chi connectivity index (χ3v) is 5.43. The second-order valence-corrected chi connectivity index (χ2v) is 7.81. The van der Waals surface area contributed by atoms with Crippen LogP contribution in [0.2, 0.25) is 0 Å². The van der Waals surface area contributed by atoms with Crippen LogP contribution in [-0.4, -0.2) is 40.0 Å². The van der Waals surface area contributed by atoms with Crippen LogP contribution < -0.4 is 4.74 Å². The highest BCUT2D eigenvalue weighted by atomic mass is 16.5. The van der Waals surface area contributed by atoms with Crippen molar-refractivity contribution in [2.24, 2.45) is 0 Å². The molecule has 1 aromatic heterocycles. The fourth-order valence-corrected chi connectivity index (χ4v) is 3.80. The minimum atomic E-state index is -1.06. The molecule has 1 N–H and O–H groups in total. The largest absolute Gasteiger partial charge is 0.493 e. The van der Waals surface area contributed by atoms with Gasteiger partial charge in [-0.15, -0.1) is 0 Å². The Balaban J connectivity index is 1.70. The number of hydrogen-bond donors (Lipinski definition) is 1. The Morgan fingerprint density at radius 2 is 2.15 bits per heavy atom.